The highest BCUT2D eigenvalue weighted by molar-refractivity contribution is 5.93. The van der Waals surface area contributed by atoms with Gasteiger partial charge in [-0.05, 0) is 61.4 Å². The molecule has 6 nitrogen and oxygen atoms in total. The minimum atomic E-state index is -0.269. The lowest BCUT2D eigenvalue weighted by Gasteiger charge is -2.15. The van der Waals surface area contributed by atoms with Crippen LogP contribution in [-0.4, -0.2) is 22.1 Å². The molecule has 178 valence electrons. The highest BCUT2D eigenvalue weighted by atomic mass is 16.5. The predicted octanol–water partition coefficient (Wildman–Crippen LogP) is 5.69. The van der Waals surface area contributed by atoms with E-state index in [1.165, 1.54) is 0 Å². The fourth-order valence-corrected chi connectivity index (χ4v) is 4.25. The zero-order valence-corrected chi connectivity index (χ0v) is 20.1. The number of fused-ring (bicyclic) bond motifs is 1. The summed E-state index contributed by atoms with van der Waals surface area (Å²) in [6.07, 6.45) is 0. The summed E-state index contributed by atoms with van der Waals surface area (Å²) in [5.41, 5.74) is 4.67. The molecule has 0 saturated heterocycles. The summed E-state index contributed by atoms with van der Waals surface area (Å²) in [6.45, 7) is 3.57. The molecule has 0 aliphatic carbocycles. The summed E-state index contributed by atoms with van der Waals surface area (Å²) >= 11 is 0. The number of aryl methyl sites for hydroxylation is 2. The molecular weight excluding hydrogens is 450 g/mol. The molecule has 1 heterocycles. The minimum Gasteiger partial charge on any atom is -0.483 e. The second-order valence-corrected chi connectivity index (χ2v) is 8.51. The van der Waals surface area contributed by atoms with Gasteiger partial charge in [0, 0.05) is 11.3 Å². The van der Waals surface area contributed by atoms with E-state index in [4.69, 9.17) is 4.74 Å². The summed E-state index contributed by atoms with van der Waals surface area (Å²) in [7, 11) is 0. The number of carbonyl (C=O) groups is 1. The SMILES string of the molecule is Cc1cc(-n2c(C)nc3ccccc3c2=O)ccc1NC(=O)COc1ccccc1-c1ccccc1. The van der Waals surface area contributed by atoms with Gasteiger partial charge in [-0.1, -0.05) is 60.7 Å². The Morgan fingerprint density at radius 2 is 1.61 bits per heavy atom. The molecule has 6 heteroatoms. The first-order valence-electron chi connectivity index (χ1n) is 11.7. The third kappa shape index (κ3) is 4.61. The van der Waals surface area contributed by atoms with Crippen LogP contribution in [0.4, 0.5) is 5.69 Å². The molecule has 0 aliphatic rings. The fraction of sp³-hybridized carbons (Fsp3) is 0.100. The number of amides is 1. The molecule has 0 radical (unpaired) electrons. The molecule has 0 atom stereocenters. The maximum Gasteiger partial charge on any atom is 0.265 e. The average Bonchev–Trinajstić information content (AvgIpc) is 2.90. The van der Waals surface area contributed by atoms with Crippen molar-refractivity contribution in [3.05, 3.63) is 119 Å². The molecule has 36 heavy (non-hydrogen) atoms. The number of aromatic nitrogens is 2. The first-order valence-corrected chi connectivity index (χ1v) is 11.7. The number of hydrogen-bond acceptors (Lipinski definition) is 4. The molecule has 0 saturated carbocycles. The lowest BCUT2D eigenvalue weighted by atomic mass is 10.1. The van der Waals surface area contributed by atoms with Gasteiger partial charge in [0.15, 0.2) is 6.61 Å². The number of hydrogen-bond donors (Lipinski definition) is 1. The maximum atomic E-state index is 13.1. The van der Waals surface area contributed by atoms with Crippen molar-refractivity contribution in [2.75, 3.05) is 11.9 Å². The van der Waals surface area contributed by atoms with Gasteiger partial charge < -0.3 is 10.1 Å². The van der Waals surface area contributed by atoms with Crippen molar-refractivity contribution in [3.8, 4) is 22.6 Å². The van der Waals surface area contributed by atoms with Crippen LogP contribution in [0.1, 0.15) is 11.4 Å². The Morgan fingerprint density at radius 3 is 2.42 bits per heavy atom. The Morgan fingerprint density at radius 1 is 0.889 bits per heavy atom. The maximum absolute atomic E-state index is 13.1. The van der Waals surface area contributed by atoms with Crippen molar-refractivity contribution >= 4 is 22.5 Å². The van der Waals surface area contributed by atoms with Gasteiger partial charge in [0.2, 0.25) is 0 Å². The summed E-state index contributed by atoms with van der Waals surface area (Å²) in [6, 6.07) is 30.3. The van der Waals surface area contributed by atoms with Crippen LogP contribution in [0.25, 0.3) is 27.7 Å². The van der Waals surface area contributed by atoms with Crippen LogP contribution in [0.2, 0.25) is 0 Å². The second kappa shape index (κ2) is 9.88. The van der Waals surface area contributed by atoms with E-state index in [0.29, 0.717) is 33.9 Å². The summed E-state index contributed by atoms with van der Waals surface area (Å²) < 4.78 is 7.45. The third-order valence-electron chi connectivity index (χ3n) is 6.02. The molecule has 0 bridgehead atoms. The molecule has 1 amide bonds. The van der Waals surface area contributed by atoms with Crippen molar-refractivity contribution in [2.24, 2.45) is 0 Å². The lowest BCUT2D eigenvalue weighted by Crippen LogP contribution is -2.23. The van der Waals surface area contributed by atoms with Gasteiger partial charge >= 0.3 is 0 Å². The molecule has 0 aliphatic heterocycles. The van der Waals surface area contributed by atoms with E-state index in [9.17, 15) is 9.59 Å². The molecule has 1 N–H and O–H groups in total. The second-order valence-electron chi connectivity index (χ2n) is 8.51. The first-order chi connectivity index (χ1) is 17.5. The molecule has 4 aromatic carbocycles. The van der Waals surface area contributed by atoms with Crippen LogP contribution in [-0.2, 0) is 4.79 Å². The number of carbonyl (C=O) groups excluding carboxylic acids is 1. The largest absolute Gasteiger partial charge is 0.483 e. The summed E-state index contributed by atoms with van der Waals surface area (Å²) in [4.78, 5) is 30.4. The van der Waals surface area contributed by atoms with E-state index in [0.717, 1.165) is 16.7 Å². The number of nitrogens with zero attached hydrogens (tertiary/aromatic N) is 2. The van der Waals surface area contributed by atoms with Crippen LogP contribution in [0.5, 0.6) is 5.75 Å². The van der Waals surface area contributed by atoms with Gasteiger partial charge in [0.05, 0.1) is 16.6 Å². The van der Waals surface area contributed by atoms with E-state index >= 15 is 0 Å². The number of ether oxygens (including phenoxy) is 1. The van der Waals surface area contributed by atoms with Crippen molar-refractivity contribution in [3.63, 3.8) is 0 Å². The van der Waals surface area contributed by atoms with E-state index in [-0.39, 0.29) is 18.1 Å². The van der Waals surface area contributed by atoms with E-state index < -0.39 is 0 Å². The Hall–Kier alpha value is -4.71. The topological polar surface area (TPSA) is 73.2 Å². The Balaban J connectivity index is 1.33. The van der Waals surface area contributed by atoms with Gasteiger partial charge in [-0.3, -0.25) is 14.2 Å². The van der Waals surface area contributed by atoms with Crippen molar-refractivity contribution in [1.29, 1.82) is 0 Å². The van der Waals surface area contributed by atoms with Gasteiger partial charge in [-0.15, -0.1) is 0 Å². The van der Waals surface area contributed by atoms with Crippen LogP contribution < -0.4 is 15.6 Å². The summed E-state index contributed by atoms with van der Waals surface area (Å²) in [5, 5.41) is 3.47. The number of nitrogens with one attached hydrogen (secondary N) is 1. The summed E-state index contributed by atoms with van der Waals surface area (Å²) in [5.74, 6) is 0.972. The van der Waals surface area contributed by atoms with Gasteiger partial charge in [0.1, 0.15) is 11.6 Å². The van der Waals surface area contributed by atoms with Crippen LogP contribution in [0.3, 0.4) is 0 Å². The van der Waals surface area contributed by atoms with Gasteiger partial charge in [-0.2, -0.15) is 0 Å². The Labute approximate surface area is 208 Å². The molecule has 0 unspecified atom stereocenters. The van der Waals surface area contributed by atoms with E-state index in [1.807, 2.05) is 92.7 Å². The zero-order valence-electron chi connectivity index (χ0n) is 20.1. The molecule has 5 aromatic rings. The molecular formula is C30H25N3O3. The Kier molecular flexibility index (Phi) is 6.33. The molecule has 0 spiro atoms. The van der Waals surface area contributed by atoms with Gasteiger partial charge in [-0.25, -0.2) is 4.98 Å². The zero-order chi connectivity index (χ0) is 25.1. The van der Waals surface area contributed by atoms with Crippen molar-refractivity contribution < 1.29 is 9.53 Å². The normalized spacial score (nSPS) is 10.8. The van der Waals surface area contributed by atoms with E-state index in [1.54, 1.807) is 22.8 Å². The highest BCUT2D eigenvalue weighted by Crippen LogP contribution is 2.29. The van der Waals surface area contributed by atoms with Crippen molar-refractivity contribution in [2.45, 2.75) is 13.8 Å². The lowest BCUT2D eigenvalue weighted by molar-refractivity contribution is -0.118. The minimum absolute atomic E-state index is 0.125. The van der Waals surface area contributed by atoms with Crippen LogP contribution >= 0.6 is 0 Å². The smallest absolute Gasteiger partial charge is 0.265 e. The Bertz CT molecular complexity index is 1620. The van der Waals surface area contributed by atoms with Crippen molar-refractivity contribution in [1.82, 2.24) is 9.55 Å². The number of benzene rings is 4. The number of anilines is 1. The molecule has 0 fully saturated rings. The predicted molar refractivity (Wildman–Crippen MR) is 143 cm³/mol. The molecule has 5 rings (SSSR count). The van der Waals surface area contributed by atoms with Crippen LogP contribution in [0, 0.1) is 13.8 Å². The first kappa shape index (κ1) is 23.1. The quantitative estimate of drug-likeness (QED) is 0.343. The standard InChI is InChI=1S/C30H25N3O3/c1-20-18-23(33-21(2)31-27-14-8-6-13-25(27)30(33)35)16-17-26(20)32-29(34)19-36-28-15-9-7-12-24(28)22-10-4-3-5-11-22/h3-18H,19H2,1-2H3,(H,32,34). The van der Waals surface area contributed by atoms with Gasteiger partial charge in [0.25, 0.3) is 11.5 Å². The van der Waals surface area contributed by atoms with Crippen LogP contribution in [0.15, 0.2) is 102 Å². The molecule has 1 aromatic heterocycles. The average molecular weight is 476 g/mol. The van der Waals surface area contributed by atoms with E-state index in [2.05, 4.69) is 10.3 Å². The number of para-hydroxylation sites is 2. The fourth-order valence-electron chi connectivity index (χ4n) is 4.25. The third-order valence-corrected chi connectivity index (χ3v) is 6.02. The monoisotopic (exact) mass is 475 g/mol. The highest BCUT2D eigenvalue weighted by Gasteiger charge is 2.13. The number of rotatable bonds is 6.